The summed E-state index contributed by atoms with van der Waals surface area (Å²) in [4.78, 5) is 8.77. The second kappa shape index (κ2) is 7.08. The van der Waals surface area contributed by atoms with E-state index < -0.39 is 0 Å². The molecule has 26 heavy (non-hydrogen) atoms. The van der Waals surface area contributed by atoms with Crippen molar-refractivity contribution in [2.24, 2.45) is 0 Å². The Balaban J connectivity index is 1.76. The number of benzene rings is 2. The molecule has 0 N–H and O–H groups in total. The van der Waals surface area contributed by atoms with E-state index in [0.717, 1.165) is 35.6 Å². The van der Waals surface area contributed by atoms with E-state index in [1.54, 1.807) is 6.20 Å². The molecule has 5 heteroatoms. The third kappa shape index (κ3) is 3.13. The molecule has 0 unspecified atom stereocenters. The molecule has 0 spiro atoms. The second-order valence-corrected chi connectivity index (χ2v) is 5.99. The largest absolute Gasteiger partial charge is 0.336 e. The van der Waals surface area contributed by atoms with E-state index in [-0.39, 0.29) is 0 Å². The number of nitriles is 1. The highest BCUT2D eigenvalue weighted by Crippen LogP contribution is 2.31. The number of rotatable bonds is 5. The van der Waals surface area contributed by atoms with E-state index in [0.29, 0.717) is 5.56 Å². The molecular weight excluding hydrogens is 322 g/mol. The zero-order valence-corrected chi connectivity index (χ0v) is 14.2. The Hall–Kier alpha value is -3.65. The average molecular weight is 339 g/mol. The first-order valence-electron chi connectivity index (χ1n) is 8.42. The predicted octanol–water partition coefficient (Wildman–Crippen LogP) is 3.99. The molecule has 0 aliphatic heterocycles. The molecule has 2 heterocycles. The van der Waals surface area contributed by atoms with Gasteiger partial charge in [0.15, 0.2) is 0 Å². The van der Waals surface area contributed by atoms with Crippen LogP contribution in [0.15, 0.2) is 79.6 Å². The molecule has 0 fully saturated rings. The Labute approximate surface area is 151 Å². The van der Waals surface area contributed by atoms with Crippen molar-refractivity contribution in [3.05, 3.63) is 85.2 Å². The summed E-state index contributed by atoms with van der Waals surface area (Å²) in [6.07, 6.45) is 7.43. The molecule has 2 aromatic carbocycles. The molecule has 5 nitrogen and oxygen atoms in total. The molecular formula is C21H17N5. The summed E-state index contributed by atoms with van der Waals surface area (Å²) in [5.74, 6) is 0. The summed E-state index contributed by atoms with van der Waals surface area (Å²) in [5, 5.41) is 9.06. The smallest absolute Gasteiger partial charge is 0.0991 e. The Morgan fingerprint density at radius 1 is 0.885 bits per heavy atom. The molecule has 0 bridgehead atoms. The SMILES string of the molecule is N#Cc1ccc(-c2c(-c3ccccc3)ncn2CCn2ccnc2)cc1. The average Bonchev–Trinajstić information content (AvgIpc) is 3.37. The number of hydrogen-bond donors (Lipinski definition) is 0. The fourth-order valence-corrected chi connectivity index (χ4v) is 3.01. The molecule has 0 saturated heterocycles. The summed E-state index contributed by atoms with van der Waals surface area (Å²) < 4.78 is 4.20. The van der Waals surface area contributed by atoms with Gasteiger partial charge in [0.25, 0.3) is 0 Å². The molecule has 4 aromatic rings. The monoisotopic (exact) mass is 339 g/mol. The second-order valence-electron chi connectivity index (χ2n) is 5.99. The lowest BCUT2D eigenvalue weighted by atomic mass is 10.0. The van der Waals surface area contributed by atoms with Gasteiger partial charge in [0.05, 0.1) is 35.7 Å². The zero-order valence-electron chi connectivity index (χ0n) is 14.2. The van der Waals surface area contributed by atoms with Crippen LogP contribution in [-0.4, -0.2) is 19.1 Å². The van der Waals surface area contributed by atoms with Crippen molar-refractivity contribution >= 4 is 0 Å². The maximum absolute atomic E-state index is 9.06. The van der Waals surface area contributed by atoms with Gasteiger partial charge in [-0.3, -0.25) is 0 Å². The summed E-state index contributed by atoms with van der Waals surface area (Å²) in [5.41, 5.74) is 4.78. The first-order chi connectivity index (χ1) is 12.8. The van der Waals surface area contributed by atoms with Crippen LogP contribution in [0.2, 0.25) is 0 Å². The standard InChI is InChI=1S/C21H17N5/c22-14-17-6-8-19(9-7-17)21-20(18-4-2-1-3-5-18)24-16-26(21)13-12-25-11-10-23-15-25/h1-11,15-16H,12-13H2. The highest BCUT2D eigenvalue weighted by Gasteiger charge is 2.15. The summed E-state index contributed by atoms with van der Waals surface area (Å²) in [6.45, 7) is 1.60. The number of hydrogen-bond acceptors (Lipinski definition) is 3. The lowest BCUT2D eigenvalue weighted by Gasteiger charge is -2.11. The Morgan fingerprint density at radius 2 is 1.69 bits per heavy atom. The van der Waals surface area contributed by atoms with E-state index in [1.165, 1.54) is 0 Å². The minimum Gasteiger partial charge on any atom is -0.336 e. The van der Waals surface area contributed by atoms with Crippen molar-refractivity contribution in [1.82, 2.24) is 19.1 Å². The van der Waals surface area contributed by atoms with E-state index >= 15 is 0 Å². The number of aryl methyl sites for hydroxylation is 2. The summed E-state index contributed by atoms with van der Waals surface area (Å²) >= 11 is 0. The summed E-state index contributed by atoms with van der Waals surface area (Å²) in [7, 11) is 0. The van der Waals surface area contributed by atoms with Gasteiger partial charge in [0.2, 0.25) is 0 Å². The van der Waals surface area contributed by atoms with Crippen molar-refractivity contribution in [2.45, 2.75) is 13.1 Å². The minimum atomic E-state index is 0.652. The topological polar surface area (TPSA) is 59.4 Å². The van der Waals surface area contributed by atoms with Crippen molar-refractivity contribution in [3.8, 4) is 28.6 Å². The zero-order chi connectivity index (χ0) is 17.8. The fraction of sp³-hybridized carbons (Fsp3) is 0.0952. The Kier molecular flexibility index (Phi) is 4.31. The number of aromatic nitrogens is 4. The quantitative estimate of drug-likeness (QED) is 0.552. The third-order valence-electron chi connectivity index (χ3n) is 4.33. The Morgan fingerprint density at radius 3 is 2.38 bits per heavy atom. The lowest BCUT2D eigenvalue weighted by Crippen LogP contribution is -2.06. The van der Waals surface area contributed by atoms with Gasteiger partial charge in [-0.05, 0) is 12.1 Å². The van der Waals surface area contributed by atoms with E-state index in [2.05, 4.69) is 32.7 Å². The predicted molar refractivity (Wildman–Crippen MR) is 100 cm³/mol. The minimum absolute atomic E-state index is 0.652. The number of imidazole rings is 2. The lowest BCUT2D eigenvalue weighted by molar-refractivity contribution is 0.582. The van der Waals surface area contributed by atoms with Crippen LogP contribution in [0, 0.1) is 11.3 Å². The van der Waals surface area contributed by atoms with Gasteiger partial charge in [-0.25, -0.2) is 9.97 Å². The van der Waals surface area contributed by atoms with Gasteiger partial charge >= 0.3 is 0 Å². The molecule has 4 rings (SSSR count). The van der Waals surface area contributed by atoms with Crippen LogP contribution >= 0.6 is 0 Å². The Bertz CT molecular complexity index is 1020. The van der Waals surface area contributed by atoms with E-state index in [9.17, 15) is 0 Å². The van der Waals surface area contributed by atoms with Crippen molar-refractivity contribution < 1.29 is 0 Å². The first-order valence-corrected chi connectivity index (χ1v) is 8.42. The molecule has 0 saturated carbocycles. The van der Waals surface area contributed by atoms with Gasteiger partial charge in [0.1, 0.15) is 0 Å². The van der Waals surface area contributed by atoms with Crippen LogP contribution in [0.5, 0.6) is 0 Å². The molecule has 0 radical (unpaired) electrons. The maximum Gasteiger partial charge on any atom is 0.0991 e. The molecule has 0 atom stereocenters. The van der Waals surface area contributed by atoms with Crippen LogP contribution < -0.4 is 0 Å². The molecule has 2 aromatic heterocycles. The molecule has 126 valence electrons. The van der Waals surface area contributed by atoms with Crippen molar-refractivity contribution in [1.29, 1.82) is 5.26 Å². The van der Waals surface area contributed by atoms with Crippen LogP contribution in [-0.2, 0) is 13.1 Å². The molecule has 0 aliphatic rings. The van der Waals surface area contributed by atoms with Crippen LogP contribution in [0.25, 0.3) is 22.5 Å². The van der Waals surface area contributed by atoms with Gasteiger partial charge in [0, 0.05) is 36.6 Å². The van der Waals surface area contributed by atoms with Crippen LogP contribution in [0.3, 0.4) is 0 Å². The van der Waals surface area contributed by atoms with E-state index in [1.807, 2.05) is 65.9 Å². The number of nitrogens with zero attached hydrogens (tertiary/aromatic N) is 5. The normalized spacial score (nSPS) is 10.6. The van der Waals surface area contributed by atoms with Crippen molar-refractivity contribution in [3.63, 3.8) is 0 Å². The molecule has 0 amide bonds. The fourth-order valence-electron chi connectivity index (χ4n) is 3.01. The van der Waals surface area contributed by atoms with Crippen LogP contribution in [0.4, 0.5) is 0 Å². The van der Waals surface area contributed by atoms with Crippen molar-refractivity contribution in [2.75, 3.05) is 0 Å². The highest BCUT2D eigenvalue weighted by molar-refractivity contribution is 5.78. The summed E-state index contributed by atoms with van der Waals surface area (Å²) in [6, 6.07) is 20.0. The van der Waals surface area contributed by atoms with Gasteiger partial charge in [-0.15, -0.1) is 0 Å². The van der Waals surface area contributed by atoms with Gasteiger partial charge in [-0.2, -0.15) is 5.26 Å². The maximum atomic E-state index is 9.06. The third-order valence-corrected chi connectivity index (χ3v) is 4.33. The van der Waals surface area contributed by atoms with Gasteiger partial charge < -0.3 is 9.13 Å². The van der Waals surface area contributed by atoms with E-state index in [4.69, 9.17) is 5.26 Å². The van der Waals surface area contributed by atoms with Crippen LogP contribution in [0.1, 0.15) is 5.56 Å². The van der Waals surface area contributed by atoms with Gasteiger partial charge in [-0.1, -0.05) is 42.5 Å². The molecule has 0 aliphatic carbocycles. The highest BCUT2D eigenvalue weighted by atomic mass is 15.1. The first kappa shape index (κ1) is 15.9.